The highest BCUT2D eigenvalue weighted by atomic mass is 35.5. The van der Waals surface area contributed by atoms with Gasteiger partial charge in [-0.15, -0.1) is 0 Å². The Morgan fingerprint density at radius 3 is 2.68 bits per heavy atom. The minimum Gasteiger partial charge on any atom is -0.370 e. The van der Waals surface area contributed by atoms with Gasteiger partial charge in [-0.25, -0.2) is 4.68 Å². The fourth-order valence-corrected chi connectivity index (χ4v) is 3.83. The van der Waals surface area contributed by atoms with Crippen molar-refractivity contribution in [2.75, 3.05) is 11.9 Å². The first-order valence-corrected chi connectivity index (χ1v) is 9.52. The second kappa shape index (κ2) is 7.17. The second-order valence-electron chi connectivity index (χ2n) is 6.98. The normalized spacial score (nSPS) is 14.3. The summed E-state index contributed by atoms with van der Waals surface area (Å²) in [6.45, 7) is 2.74. The fourth-order valence-electron chi connectivity index (χ4n) is 3.61. The maximum atomic E-state index is 13.2. The predicted octanol–water partition coefficient (Wildman–Crippen LogP) is 6.27. The molecule has 0 radical (unpaired) electrons. The summed E-state index contributed by atoms with van der Waals surface area (Å²) in [5, 5.41) is 8.78. The molecule has 4 rings (SSSR count). The summed E-state index contributed by atoms with van der Waals surface area (Å²) in [6, 6.07) is 10.9. The predicted molar refractivity (Wildman–Crippen MR) is 105 cm³/mol. The van der Waals surface area contributed by atoms with E-state index in [1.165, 1.54) is 12.1 Å². The van der Waals surface area contributed by atoms with Crippen molar-refractivity contribution in [2.24, 2.45) is 0 Å². The molecule has 0 unspecified atom stereocenters. The number of nitrogens with one attached hydrogen (secondary N) is 1. The number of hydrogen-bond acceptors (Lipinski definition) is 2. The summed E-state index contributed by atoms with van der Waals surface area (Å²) in [7, 11) is 0. The molecule has 3 nitrogen and oxygen atoms in total. The summed E-state index contributed by atoms with van der Waals surface area (Å²) in [5.41, 5.74) is 3.14. The van der Waals surface area contributed by atoms with Crippen molar-refractivity contribution in [3.05, 3.63) is 64.2 Å². The van der Waals surface area contributed by atoms with Crippen molar-refractivity contribution in [3.63, 3.8) is 0 Å². The lowest BCUT2D eigenvalue weighted by Crippen LogP contribution is -2.08. The van der Waals surface area contributed by atoms with Gasteiger partial charge in [-0.05, 0) is 62.1 Å². The monoisotopic (exact) mass is 405 g/mol. The Balaban J connectivity index is 1.91. The van der Waals surface area contributed by atoms with Gasteiger partial charge in [0.25, 0.3) is 0 Å². The Labute approximate surface area is 166 Å². The lowest BCUT2D eigenvalue weighted by Gasteiger charge is -2.11. The van der Waals surface area contributed by atoms with Crippen LogP contribution in [0, 0.1) is 6.92 Å². The van der Waals surface area contributed by atoms with E-state index in [1.54, 1.807) is 16.8 Å². The number of anilines is 1. The highest BCUT2D eigenvalue weighted by molar-refractivity contribution is 6.30. The Hall–Kier alpha value is -2.47. The number of halogens is 4. The molecule has 0 atom stereocenters. The van der Waals surface area contributed by atoms with Crippen LogP contribution in [0.15, 0.2) is 42.5 Å². The van der Waals surface area contributed by atoms with Gasteiger partial charge in [0.15, 0.2) is 0 Å². The van der Waals surface area contributed by atoms with Gasteiger partial charge in [-0.2, -0.15) is 18.3 Å². The van der Waals surface area contributed by atoms with Crippen molar-refractivity contribution in [1.82, 2.24) is 9.78 Å². The first-order valence-electron chi connectivity index (χ1n) is 9.14. The van der Waals surface area contributed by atoms with Crippen LogP contribution in [-0.2, 0) is 12.6 Å². The molecule has 146 valence electrons. The molecule has 3 aromatic rings. The number of benzene rings is 2. The molecule has 7 heteroatoms. The summed E-state index contributed by atoms with van der Waals surface area (Å²) in [5.74, 6) is 0.843. The molecular formula is C21H19ClF3N3. The summed E-state index contributed by atoms with van der Waals surface area (Å²) >= 11 is 6.08. The lowest BCUT2D eigenvalue weighted by molar-refractivity contribution is -0.137. The Kier molecular flexibility index (Phi) is 4.83. The van der Waals surface area contributed by atoms with Crippen LogP contribution in [0.4, 0.5) is 19.0 Å². The molecule has 1 aliphatic rings. The maximum absolute atomic E-state index is 13.2. The third-order valence-electron chi connectivity index (χ3n) is 4.98. The van der Waals surface area contributed by atoms with E-state index in [4.69, 9.17) is 16.7 Å². The van der Waals surface area contributed by atoms with Crippen molar-refractivity contribution in [1.29, 1.82) is 0 Å². The van der Waals surface area contributed by atoms with Gasteiger partial charge in [-0.3, -0.25) is 0 Å². The van der Waals surface area contributed by atoms with Gasteiger partial charge in [0.2, 0.25) is 0 Å². The second-order valence-corrected chi connectivity index (χ2v) is 7.42. The molecule has 1 aliphatic heterocycles. The highest BCUT2D eigenvalue weighted by Gasteiger charge is 2.31. The Bertz CT molecular complexity index is 1020. The third kappa shape index (κ3) is 3.49. The quantitative estimate of drug-likeness (QED) is 0.544. The molecule has 2 heterocycles. The molecule has 0 bridgehead atoms. The fraction of sp³-hybridized carbons (Fsp3) is 0.286. The van der Waals surface area contributed by atoms with Gasteiger partial charge in [0, 0.05) is 22.7 Å². The number of rotatable bonds is 2. The van der Waals surface area contributed by atoms with Crippen LogP contribution >= 0.6 is 11.6 Å². The molecular weight excluding hydrogens is 387 g/mol. The zero-order valence-corrected chi connectivity index (χ0v) is 16.0. The number of hydrogen-bond donors (Lipinski definition) is 1. The highest BCUT2D eigenvalue weighted by Crippen LogP contribution is 2.37. The van der Waals surface area contributed by atoms with Gasteiger partial charge in [-0.1, -0.05) is 23.7 Å². The van der Waals surface area contributed by atoms with Crippen LogP contribution in [0.2, 0.25) is 5.02 Å². The SMILES string of the molecule is Cc1cc(Cl)ccc1-n1nc(-c2cccc(C(F)(F)F)c2)c2c1NCCCC2. The summed E-state index contributed by atoms with van der Waals surface area (Å²) in [4.78, 5) is 0. The third-order valence-corrected chi connectivity index (χ3v) is 5.21. The lowest BCUT2D eigenvalue weighted by atomic mass is 10.0. The average molecular weight is 406 g/mol. The van der Waals surface area contributed by atoms with E-state index in [1.807, 2.05) is 19.1 Å². The molecule has 0 spiro atoms. The summed E-state index contributed by atoms with van der Waals surface area (Å²) in [6.07, 6.45) is -1.67. The van der Waals surface area contributed by atoms with Gasteiger partial charge >= 0.3 is 6.18 Å². The van der Waals surface area contributed by atoms with E-state index in [9.17, 15) is 13.2 Å². The minimum atomic E-state index is -4.39. The van der Waals surface area contributed by atoms with Gasteiger partial charge in [0.1, 0.15) is 5.82 Å². The molecule has 0 amide bonds. The number of nitrogens with zero attached hydrogens (tertiary/aromatic N) is 2. The van der Waals surface area contributed by atoms with Crippen LogP contribution in [0.5, 0.6) is 0 Å². The van der Waals surface area contributed by atoms with Crippen LogP contribution in [0.3, 0.4) is 0 Å². The van der Waals surface area contributed by atoms with E-state index < -0.39 is 11.7 Å². The largest absolute Gasteiger partial charge is 0.416 e. The van der Waals surface area contributed by atoms with E-state index in [-0.39, 0.29) is 0 Å². The molecule has 28 heavy (non-hydrogen) atoms. The van der Waals surface area contributed by atoms with Gasteiger partial charge < -0.3 is 5.32 Å². The van der Waals surface area contributed by atoms with Crippen LogP contribution in [-0.4, -0.2) is 16.3 Å². The molecule has 0 saturated carbocycles. The Morgan fingerprint density at radius 1 is 1.11 bits per heavy atom. The van der Waals surface area contributed by atoms with E-state index in [0.717, 1.165) is 54.5 Å². The number of aryl methyl sites for hydroxylation is 1. The number of aromatic nitrogens is 2. The topological polar surface area (TPSA) is 29.9 Å². The van der Waals surface area contributed by atoms with Gasteiger partial charge in [0.05, 0.1) is 16.9 Å². The Morgan fingerprint density at radius 2 is 1.93 bits per heavy atom. The average Bonchev–Trinajstić information content (AvgIpc) is 2.83. The van der Waals surface area contributed by atoms with Crippen LogP contribution in [0.1, 0.15) is 29.5 Å². The summed E-state index contributed by atoms with van der Waals surface area (Å²) < 4.78 is 41.4. The maximum Gasteiger partial charge on any atom is 0.416 e. The van der Waals surface area contributed by atoms with E-state index in [2.05, 4.69) is 5.32 Å². The zero-order valence-electron chi connectivity index (χ0n) is 15.3. The van der Waals surface area contributed by atoms with E-state index >= 15 is 0 Å². The van der Waals surface area contributed by atoms with Crippen molar-refractivity contribution >= 4 is 17.4 Å². The number of fused-ring (bicyclic) bond motifs is 1. The van der Waals surface area contributed by atoms with Crippen molar-refractivity contribution in [3.8, 4) is 16.9 Å². The first kappa shape index (κ1) is 18.9. The molecule has 1 aromatic heterocycles. The molecule has 0 aliphatic carbocycles. The van der Waals surface area contributed by atoms with Crippen LogP contribution < -0.4 is 5.32 Å². The van der Waals surface area contributed by atoms with E-state index in [0.29, 0.717) is 16.3 Å². The number of alkyl halides is 3. The molecule has 2 aromatic carbocycles. The molecule has 0 fully saturated rings. The van der Waals surface area contributed by atoms with Crippen molar-refractivity contribution < 1.29 is 13.2 Å². The smallest absolute Gasteiger partial charge is 0.370 e. The first-order chi connectivity index (χ1) is 13.3. The molecule has 0 saturated heterocycles. The van der Waals surface area contributed by atoms with Crippen LogP contribution in [0.25, 0.3) is 16.9 Å². The molecule has 1 N–H and O–H groups in total. The standard InChI is InChI=1S/C21H19ClF3N3/c1-13-11-16(22)8-9-18(13)28-20-17(7-2-3-10-26-20)19(27-28)14-5-4-6-15(12-14)21(23,24)25/h4-6,8-9,11-12,26H,2-3,7,10H2,1H3. The van der Waals surface area contributed by atoms with Crippen molar-refractivity contribution in [2.45, 2.75) is 32.4 Å². The zero-order chi connectivity index (χ0) is 19.9. The minimum absolute atomic E-state index is 0.472.